The third-order valence-corrected chi connectivity index (χ3v) is 24.0. The first-order valence-electron chi connectivity index (χ1n) is 36.8. The van der Waals surface area contributed by atoms with E-state index in [1.54, 1.807) is 0 Å². The lowest BCUT2D eigenvalue weighted by Gasteiger charge is -2.37. The van der Waals surface area contributed by atoms with Crippen molar-refractivity contribution >= 4 is 119 Å². The lowest BCUT2D eigenvalue weighted by Crippen LogP contribution is -2.38. The van der Waals surface area contributed by atoms with Crippen molar-refractivity contribution in [3.05, 3.63) is 336 Å². The second-order valence-electron chi connectivity index (χ2n) is 33.8. The van der Waals surface area contributed by atoms with Gasteiger partial charge in [0, 0.05) is 55.4 Å². The van der Waals surface area contributed by atoms with Gasteiger partial charge in [0.2, 0.25) is 0 Å². The molecule has 1 atom stereocenters. The van der Waals surface area contributed by atoms with Crippen LogP contribution in [0.2, 0.25) is 19.6 Å². The van der Waals surface area contributed by atoms with Crippen molar-refractivity contribution in [3.8, 4) is 11.1 Å². The van der Waals surface area contributed by atoms with Gasteiger partial charge in [-0.25, -0.2) is 0 Å². The van der Waals surface area contributed by atoms with Crippen LogP contribution in [0.1, 0.15) is 128 Å². The molecule has 0 bridgehead atoms. The topological polar surface area (TPSA) is 22.9 Å². The van der Waals surface area contributed by atoms with E-state index in [-0.39, 0.29) is 21.7 Å². The van der Waals surface area contributed by atoms with Crippen molar-refractivity contribution in [2.75, 3.05) is 14.7 Å². The maximum Gasteiger partial charge on any atom is 0.160 e. The lowest BCUT2D eigenvalue weighted by atomic mass is 9.67. The molecule has 1 aliphatic carbocycles. The molecule has 5 heteroatoms. The van der Waals surface area contributed by atoms with Gasteiger partial charge >= 0.3 is 0 Å². The van der Waals surface area contributed by atoms with E-state index < -0.39 is 13.5 Å². The molecule has 0 radical (unpaired) electrons. The normalized spacial score (nSPS) is 14.2. The molecule has 0 N–H and O–H groups in total. The molecule has 0 spiro atoms. The minimum atomic E-state index is -1.86. The second kappa shape index (κ2) is 24.8. The standard InChI is InChI=1S/C98H93N3OSi/c1-94(2,3)66-38-50-72(51-39-66)99(73-52-40-67(41-53-73)95(4,5)6)74-58-46-70(47-59-74)98(71-48-60-77(61-49-71)103(13,14)15)83-62-87(100(75-54-42-68(43-55-75)96(7,8)9)85-35-24-28-64-26-16-18-30-78(64)85)80-32-20-21-33-81(80)90(83)92-84(98)63-88(93-91(92)82-34-22-23-37-89(82)102-93)101(76-56-44-69(45-57-76)97(10,11)12)86-36-25-29-65-27-17-19-31-79(65)86/h16-63H,1-15H3. The Kier molecular flexibility index (Phi) is 16.1. The molecule has 4 nitrogen and oxygen atoms in total. The van der Waals surface area contributed by atoms with Crippen LogP contribution < -0.4 is 19.9 Å². The van der Waals surface area contributed by atoms with Crippen LogP contribution in [0.4, 0.5) is 51.2 Å². The summed E-state index contributed by atoms with van der Waals surface area (Å²) in [5.74, 6) is 0. The summed E-state index contributed by atoms with van der Waals surface area (Å²) in [4.78, 5) is 7.51. The first kappa shape index (κ1) is 66.8. The van der Waals surface area contributed by atoms with Gasteiger partial charge in [-0.05, 0) is 184 Å². The molecule has 1 aromatic heterocycles. The SMILES string of the molecule is CC(C)(C)c1ccc(N(c2ccc(C(C)(C)C)cc2)c2ccc(C3(c4ccc([Si](C)(C)C)cc4)c4cc(N(c5ccc(C(C)(C)C)cc5)c5cccc6ccccc56)c5ccccc5c4-c4c3cc(N(c3ccc(C(C)(C)C)cc3)c3cccc5ccccc35)c3oc5ccccc5c43)cc2)cc1. The Bertz CT molecular complexity index is 5660. The van der Waals surface area contributed by atoms with E-state index >= 15 is 0 Å². The van der Waals surface area contributed by atoms with Gasteiger partial charge in [0.05, 0.1) is 36.2 Å². The van der Waals surface area contributed by atoms with Gasteiger partial charge in [-0.1, -0.05) is 308 Å². The fourth-order valence-corrected chi connectivity index (χ4v) is 17.4. The van der Waals surface area contributed by atoms with Crippen LogP contribution in [0.5, 0.6) is 0 Å². The highest BCUT2D eigenvalue weighted by atomic mass is 28.3. The number of furan rings is 1. The molecule has 0 saturated heterocycles. The quantitative estimate of drug-likeness (QED) is 0.114. The smallest absolute Gasteiger partial charge is 0.160 e. The molecule has 16 rings (SSSR count). The number of hydrogen-bond donors (Lipinski definition) is 0. The third-order valence-electron chi connectivity index (χ3n) is 21.9. The van der Waals surface area contributed by atoms with E-state index in [2.05, 4.69) is 409 Å². The van der Waals surface area contributed by atoms with Crippen molar-refractivity contribution in [3.63, 3.8) is 0 Å². The summed E-state index contributed by atoms with van der Waals surface area (Å²) in [5.41, 5.74) is 22.4. The first-order chi connectivity index (χ1) is 49.2. The zero-order chi connectivity index (χ0) is 71.7. The molecule has 510 valence electrons. The Morgan fingerprint density at radius 3 is 1.07 bits per heavy atom. The highest BCUT2D eigenvalue weighted by molar-refractivity contribution is 6.88. The minimum Gasteiger partial charge on any atom is -0.454 e. The molecular formula is C98H93N3OSi. The summed E-state index contributed by atoms with van der Waals surface area (Å²) in [6.45, 7) is 35.0. The molecule has 1 aliphatic rings. The van der Waals surface area contributed by atoms with E-state index in [1.165, 1.54) is 66.0 Å². The maximum atomic E-state index is 7.66. The van der Waals surface area contributed by atoms with Gasteiger partial charge < -0.3 is 19.1 Å². The van der Waals surface area contributed by atoms with Crippen molar-refractivity contribution < 1.29 is 4.42 Å². The molecule has 1 unspecified atom stereocenters. The van der Waals surface area contributed by atoms with Crippen molar-refractivity contribution in [2.24, 2.45) is 0 Å². The Morgan fingerprint density at radius 1 is 0.291 bits per heavy atom. The lowest BCUT2D eigenvalue weighted by molar-refractivity contribution is 0.590. The van der Waals surface area contributed by atoms with E-state index in [0.29, 0.717) is 0 Å². The summed E-state index contributed by atoms with van der Waals surface area (Å²) < 4.78 is 7.66. The summed E-state index contributed by atoms with van der Waals surface area (Å²) in [6.07, 6.45) is 0. The van der Waals surface area contributed by atoms with Crippen molar-refractivity contribution in [1.82, 2.24) is 0 Å². The van der Waals surface area contributed by atoms with E-state index in [9.17, 15) is 0 Å². The molecule has 0 fully saturated rings. The summed E-state index contributed by atoms with van der Waals surface area (Å²) in [7, 11) is -1.86. The highest BCUT2D eigenvalue weighted by Crippen LogP contribution is 2.64. The van der Waals surface area contributed by atoms with E-state index in [1.807, 2.05) is 0 Å². The fraction of sp³-hybridized carbons (Fsp3) is 0.204. The number of fused-ring (bicyclic) bond motifs is 11. The van der Waals surface area contributed by atoms with Crippen LogP contribution in [0.3, 0.4) is 0 Å². The first-order valence-corrected chi connectivity index (χ1v) is 40.3. The number of rotatable bonds is 12. The number of nitrogens with zero attached hydrogens (tertiary/aromatic N) is 3. The van der Waals surface area contributed by atoms with Crippen LogP contribution >= 0.6 is 0 Å². The Balaban J connectivity index is 1.08. The Labute approximate surface area is 610 Å². The number of hydrogen-bond acceptors (Lipinski definition) is 4. The zero-order valence-electron chi connectivity index (χ0n) is 62.5. The van der Waals surface area contributed by atoms with Gasteiger partial charge in [0.1, 0.15) is 5.58 Å². The van der Waals surface area contributed by atoms with Gasteiger partial charge in [-0.2, -0.15) is 0 Å². The van der Waals surface area contributed by atoms with Crippen molar-refractivity contribution in [2.45, 2.75) is 130 Å². The van der Waals surface area contributed by atoms with E-state index in [0.717, 1.165) is 100 Å². The van der Waals surface area contributed by atoms with Crippen LogP contribution in [-0.2, 0) is 27.1 Å². The number of anilines is 9. The van der Waals surface area contributed by atoms with Gasteiger partial charge in [0.15, 0.2) is 5.58 Å². The van der Waals surface area contributed by atoms with Crippen molar-refractivity contribution in [1.29, 1.82) is 0 Å². The zero-order valence-corrected chi connectivity index (χ0v) is 63.5. The number of benzene rings is 14. The number of para-hydroxylation sites is 1. The molecular weight excluding hydrogens is 1260 g/mol. The second-order valence-corrected chi connectivity index (χ2v) is 38.9. The van der Waals surface area contributed by atoms with Crippen LogP contribution in [0.25, 0.3) is 65.4 Å². The maximum absolute atomic E-state index is 7.66. The average molecular weight is 1360 g/mol. The van der Waals surface area contributed by atoms with Gasteiger partial charge in [-0.15, -0.1) is 0 Å². The molecule has 14 aromatic carbocycles. The third kappa shape index (κ3) is 11.5. The van der Waals surface area contributed by atoms with Crippen LogP contribution in [-0.4, -0.2) is 8.07 Å². The molecule has 0 amide bonds. The predicted molar refractivity (Wildman–Crippen MR) is 445 cm³/mol. The molecule has 0 saturated carbocycles. The Morgan fingerprint density at radius 2 is 0.631 bits per heavy atom. The molecule has 103 heavy (non-hydrogen) atoms. The van der Waals surface area contributed by atoms with Gasteiger partial charge in [-0.3, -0.25) is 0 Å². The summed E-state index contributed by atoms with van der Waals surface area (Å²) in [6, 6.07) is 111. The largest absolute Gasteiger partial charge is 0.454 e. The highest BCUT2D eigenvalue weighted by Gasteiger charge is 2.50. The summed E-state index contributed by atoms with van der Waals surface area (Å²) >= 11 is 0. The summed E-state index contributed by atoms with van der Waals surface area (Å²) in [5, 5.41) is 10.5. The Hall–Kier alpha value is -10.7. The monoisotopic (exact) mass is 1360 g/mol. The average Bonchev–Trinajstić information content (AvgIpc) is 1.51. The molecule has 0 aliphatic heterocycles. The fourth-order valence-electron chi connectivity index (χ4n) is 16.2. The van der Waals surface area contributed by atoms with Crippen LogP contribution in [0, 0.1) is 0 Å². The molecule has 1 heterocycles. The molecule has 15 aromatic rings. The minimum absolute atomic E-state index is 0.0141. The van der Waals surface area contributed by atoms with E-state index in [4.69, 9.17) is 4.42 Å². The van der Waals surface area contributed by atoms with Gasteiger partial charge in [0.25, 0.3) is 0 Å². The van der Waals surface area contributed by atoms with Crippen LogP contribution in [0.15, 0.2) is 296 Å². The predicted octanol–water partition coefficient (Wildman–Crippen LogP) is 27.6.